The van der Waals surface area contributed by atoms with Gasteiger partial charge < -0.3 is 10.6 Å². The van der Waals surface area contributed by atoms with Crippen molar-refractivity contribution in [3.63, 3.8) is 0 Å². The molecule has 4 heteroatoms. The standard InChI is InChI=1S/C13H25N3.HI/c1-3-14-13(15-4-2)16-11-10-12-8-6-5-7-9-12;/h8H,3-7,9-11H2,1-2H3,(H2,14,15,16);1H. The second-order valence-electron chi connectivity index (χ2n) is 4.15. The Hall–Kier alpha value is -0.260. The number of aliphatic imine (C=N–C) groups is 1. The molecule has 17 heavy (non-hydrogen) atoms. The maximum absolute atomic E-state index is 4.55. The summed E-state index contributed by atoms with van der Waals surface area (Å²) in [6.45, 7) is 6.94. The fourth-order valence-electron chi connectivity index (χ4n) is 1.95. The van der Waals surface area contributed by atoms with Crippen molar-refractivity contribution in [1.29, 1.82) is 0 Å². The summed E-state index contributed by atoms with van der Waals surface area (Å²) in [5.74, 6) is 0.946. The molecule has 0 fully saturated rings. The SMILES string of the molecule is CCNC(=NCCC1=CCCCC1)NCC.I. The molecule has 0 spiro atoms. The van der Waals surface area contributed by atoms with E-state index in [0.29, 0.717) is 0 Å². The van der Waals surface area contributed by atoms with Gasteiger partial charge in [-0.3, -0.25) is 4.99 Å². The molecule has 0 aromatic rings. The van der Waals surface area contributed by atoms with Gasteiger partial charge >= 0.3 is 0 Å². The Morgan fingerprint density at radius 2 is 1.94 bits per heavy atom. The number of halogens is 1. The van der Waals surface area contributed by atoms with Gasteiger partial charge in [-0.05, 0) is 46.0 Å². The van der Waals surface area contributed by atoms with Crippen LogP contribution in [0.2, 0.25) is 0 Å². The number of allylic oxidation sites excluding steroid dienone is 1. The van der Waals surface area contributed by atoms with Gasteiger partial charge in [0.2, 0.25) is 0 Å². The predicted octanol–water partition coefficient (Wildman–Crippen LogP) is 3.07. The third kappa shape index (κ3) is 7.63. The van der Waals surface area contributed by atoms with Crippen LogP contribution in [0.5, 0.6) is 0 Å². The van der Waals surface area contributed by atoms with Crippen LogP contribution in [0.4, 0.5) is 0 Å². The number of nitrogens with zero attached hydrogens (tertiary/aromatic N) is 1. The van der Waals surface area contributed by atoms with E-state index >= 15 is 0 Å². The Morgan fingerprint density at radius 1 is 1.24 bits per heavy atom. The van der Waals surface area contributed by atoms with E-state index in [2.05, 4.69) is 35.5 Å². The summed E-state index contributed by atoms with van der Waals surface area (Å²) in [4.78, 5) is 4.55. The van der Waals surface area contributed by atoms with Crippen molar-refractivity contribution in [2.75, 3.05) is 19.6 Å². The van der Waals surface area contributed by atoms with Gasteiger partial charge in [-0.2, -0.15) is 0 Å². The maximum atomic E-state index is 4.55. The largest absolute Gasteiger partial charge is 0.357 e. The van der Waals surface area contributed by atoms with Crippen LogP contribution in [-0.4, -0.2) is 25.6 Å². The van der Waals surface area contributed by atoms with E-state index in [4.69, 9.17) is 0 Å². The molecule has 3 nitrogen and oxygen atoms in total. The zero-order valence-corrected chi connectivity index (χ0v) is 13.4. The van der Waals surface area contributed by atoms with Crippen LogP contribution >= 0.6 is 24.0 Å². The topological polar surface area (TPSA) is 36.4 Å². The average molecular weight is 351 g/mol. The van der Waals surface area contributed by atoms with E-state index in [0.717, 1.165) is 32.0 Å². The number of nitrogens with one attached hydrogen (secondary N) is 2. The molecule has 100 valence electrons. The highest BCUT2D eigenvalue weighted by Crippen LogP contribution is 2.19. The van der Waals surface area contributed by atoms with Crippen LogP contribution in [0.15, 0.2) is 16.6 Å². The normalized spacial score (nSPS) is 14.4. The van der Waals surface area contributed by atoms with Gasteiger partial charge in [0.05, 0.1) is 0 Å². The zero-order chi connectivity index (χ0) is 11.6. The smallest absolute Gasteiger partial charge is 0.191 e. The Kier molecular flexibility index (Phi) is 10.7. The highest BCUT2D eigenvalue weighted by molar-refractivity contribution is 14.0. The first kappa shape index (κ1) is 16.7. The van der Waals surface area contributed by atoms with Gasteiger partial charge in [-0.25, -0.2) is 0 Å². The monoisotopic (exact) mass is 351 g/mol. The van der Waals surface area contributed by atoms with Crippen LogP contribution in [0.1, 0.15) is 46.0 Å². The van der Waals surface area contributed by atoms with Gasteiger partial charge in [-0.1, -0.05) is 11.6 Å². The van der Waals surface area contributed by atoms with Gasteiger partial charge in [0, 0.05) is 19.6 Å². The third-order valence-corrected chi connectivity index (χ3v) is 2.78. The lowest BCUT2D eigenvalue weighted by Crippen LogP contribution is -2.37. The Labute approximate surface area is 123 Å². The van der Waals surface area contributed by atoms with E-state index < -0.39 is 0 Å². The van der Waals surface area contributed by atoms with Gasteiger partial charge in [-0.15, -0.1) is 24.0 Å². The molecule has 0 radical (unpaired) electrons. The molecule has 0 unspecified atom stereocenters. The van der Waals surface area contributed by atoms with E-state index in [1.807, 2.05) is 0 Å². The van der Waals surface area contributed by atoms with E-state index in [-0.39, 0.29) is 24.0 Å². The van der Waals surface area contributed by atoms with Crippen molar-refractivity contribution in [2.45, 2.75) is 46.0 Å². The second-order valence-corrected chi connectivity index (χ2v) is 4.15. The second kappa shape index (κ2) is 10.9. The predicted molar refractivity (Wildman–Crippen MR) is 86.2 cm³/mol. The number of guanidine groups is 1. The van der Waals surface area contributed by atoms with Gasteiger partial charge in [0.1, 0.15) is 0 Å². The molecule has 2 N–H and O–H groups in total. The summed E-state index contributed by atoms with van der Waals surface area (Å²) in [7, 11) is 0. The zero-order valence-electron chi connectivity index (χ0n) is 11.1. The van der Waals surface area contributed by atoms with E-state index in [1.165, 1.54) is 25.7 Å². The summed E-state index contributed by atoms with van der Waals surface area (Å²) in [6, 6.07) is 0. The molecule has 1 rings (SSSR count). The Bertz CT molecular complexity index is 241. The highest BCUT2D eigenvalue weighted by atomic mass is 127. The highest BCUT2D eigenvalue weighted by Gasteiger charge is 2.02. The lowest BCUT2D eigenvalue weighted by atomic mass is 9.97. The minimum atomic E-state index is 0. The molecule has 0 bridgehead atoms. The van der Waals surface area contributed by atoms with Crippen molar-refractivity contribution in [1.82, 2.24) is 10.6 Å². The van der Waals surface area contributed by atoms with Crippen LogP contribution < -0.4 is 10.6 Å². The summed E-state index contributed by atoms with van der Waals surface area (Å²) < 4.78 is 0. The molecule has 0 heterocycles. The Morgan fingerprint density at radius 3 is 2.47 bits per heavy atom. The molecule has 0 aromatic carbocycles. The number of rotatable bonds is 5. The average Bonchev–Trinajstić information content (AvgIpc) is 2.31. The summed E-state index contributed by atoms with van der Waals surface area (Å²) in [6.07, 6.45) is 8.81. The molecule has 0 amide bonds. The minimum Gasteiger partial charge on any atom is -0.357 e. The summed E-state index contributed by atoms with van der Waals surface area (Å²) in [5, 5.41) is 6.48. The first-order chi connectivity index (χ1) is 7.86. The molecule has 0 atom stereocenters. The fourth-order valence-corrected chi connectivity index (χ4v) is 1.95. The van der Waals surface area contributed by atoms with Crippen molar-refractivity contribution >= 4 is 29.9 Å². The molecule has 0 saturated carbocycles. The quantitative estimate of drug-likeness (QED) is 0.346. The number of hydrogen-bond acceptors (Lipinski definition) is 1. The van der Waals surface area contributed by atoms with Crippen LogP contribution in [0.3, 0.4) is 0 Å². The van der Waals surface area contributed by atoms with Gasteiger partial charge in [0.15, 0.2) is 5.96 Å². The Balaban J connectivity index is 0.00000256. The van der Waals surface area contributed by atoms with Crippen molar-refractivity contribution in [2.24, 2.45) is 4.99 Å². The number of hydrogen-bond donors (Lipinski definition) is 2. The molecule has 0 aromatic heterocycles. The van der Waals surface area contributed by atoms with E-state index in [9.17, 15) is 0 Å². The fraction of sp³-hybridized carbons (Fsp3) is 0.769. The minimum absolute atomic E-state index is 0. The third-order valence-electron chi connectivity index (χ3n) is 2.78. The van der Waals surface area contributed by atoms with Crippen LogP contribution in [0.25, 0.3) is 0 Å². The molecule has 0 aliphatic heterocycles. The van der Waals surface area contributed by atoms with Crippen molar-refractivity contribution in [3.8, 4) is 0 Å². The van der Waals surface area contributed by atoms with Crippen molar-refractivity contribution < 1.29 is 0 Å². The maximum Gasteiger partial charge on any atom is 0.191 e. The first-order valence-corrected chi connectivity index (χ1v) is 6.57. The summed E-state index contributed by atoms with van der Waals surface area (Å²) in [5.41, 5.74) is 1.60. The molecular formula is C13H26IN3. The summed E-state index contributed by atoms with van der Waals surface area (Å²) >= 11 is 0. The molecule has 1 aliphatic rings. The van der Waals surface area contributed by atoms with Crippen molar-refractivity contribution in [3.05, 3.63) is 11.6 Å². The molecule has 1 aliphatic carbocycles. The van der Waals surface area contributed by atoms with Crippen LogP contribution in [-0.2, 0) is 0 Å². The first-order valence-electron chi connectivity index (χ1n) is 6.57. The lowest BCUT2D eigenvalue weighted by molar-refractivity contribution is 0.675. The molecule has 0 saturated heterocycles. The van der Waals surface area contributed by atoms with Crippen LogP contribution in [0, 0.1) is 0 Å². The van der Waals surface area contributed by atoms with Gasteiger partial charge in [0.25, 0.3) is 0 Å². The molecular weight excluding hydrogens is 325 g/mol. The van der Waals surface area contributed by atoms with E-state index in [1.54, 1.807) is 5.57 Å². The lowest BCUT2D eigenvalue weighted by Gasteiger charge is -2.12.